The molecule has 0 saturated heterocycles. The van der Waals surface area contributed by atoms with Gasteiger partial charge in [0.2, 0.25) is 0 Å². The van der Waals surface area contributed by atoms with Crippen LogP contribution < -0.4 is 52.8 Å². The van der Waals surface area contributed by atoms with Gasteiger partial charge in [0.25, 0.3) is 0 Å². The molecule has 0 aliphatic heterocycles. The second-order valence-electron chi connectivity index (χ2n) is 30.3. The molecule has 9 aromatic carbocycles. The summed E-state index contributed by atoms with van der Waals surface area (Å²) in [6.07, 6.45) is 0. The molecule has 0 nitrogen and oxygen atoms in total. The van der Waals surface area contributed by atoms with Crippen LogP contribution in [0.3, 0.4) is 0 Å². The third kappa shape index (κ3) is 12.4. The molecule has 5 heteroatoms. The maximum Gasteiger partial charge on any atom is -1.00 e. The van der Waals surface area contributed by atoms with E-state index in [1.54, 1.807) is 3.88 Å². The van der Waals surface area contributed by atoms with Gasteiger partial charge >= 0.3 is 590 Å². The normalized spacial score (nSPS) is 13.1. The van der Waals surface area contributed by atoms with Crippen LogP contribution in [-0.2, 0) is 18.4 Å². The van der Waals surface area contributed by atoms with Gasteiger partial charge in [0.15, 0.2) is 0 Å². The van der Waals surface area contributed by atoms with Gasteiger partial charge in [-0.3, -0.25) is 0 Å². The Kier molecular flexibility index (Phi) is 23.5. The van der Waals surface area contributed by atoms with Gasteiger partial charge in [-0.15, -0.1) is 0 Å². The Morgan fingerprint density at radius 2 is 0.347 bits per heavy atom. The first-order valence-electron chi connectivity index (χ1n) is 35.4. The van der Waals surface area contributed by atoms with Crippen molar-refractivity contribution in [3.8, 4) is 66.8 Å². The van der Waals surface area contributed by atoms with Crippen LogP contribution in [0.4, 0.5) is 0 Å². The van der Waals surface area contributed by atoms with Crippen LogP contribution in [0.5, 0.6) is 0 Å². The predicted octanol–water partition coefficient (Wildman–Crippen LogP) is 15.3. The average molecular weight is 1410 g/mol. The molecule has 98 heavy (non-hydrogen) atoms. The summed E-state index contributed by atoms with van der Waals surface area (Å²) in [5.74, 6) is -3.20. The molecule has 0 spiro atoms. The van der Waals surface area contributed by atoms with E-state index in [-0.39, 0.29) is 37.2 Å². The first-order valence-corrected chi connectivity index (χ1v) is 40.5. The van der Waals surface area contributed by atoms with E-state index in [1.165, 1.54) is 266 Å². The van der Waals surface area contributed by atoms with Gasteiger partial charge in [-0.1, -0.05) is 0 Å². The van der Waals surface area contributed by atoms with Gasteiger partial charge in [-0.05, 0) is 0 Å². The van der Waals surface area contributed by atoms with Crippen molar-refractivity contribution in [2.75, 3.05) is 0 Å². The molecule has 0 radical (unpaired) electrons. The summed E-state index contributed by atoms with van der Waals surface area (Å²) in [6, 6.07) is 24.8. The second-order valence-corrected chi connectivity index (χ2v) is 39.3. The standard InChI is InChI=1S/C84H99Si.C9H13.3ClH.Ti/c1-40-46(7)58(19)79(59(20)47(40)8)70-31-71(80-60(21)48(9)41(2)49(10)61(80)22)35-76(34-70)85(77-36-72(81-62(23)50(11)42(3)51(12)63(81)24)32-73(37-77)82-64(25)52(13)43(4)53(14)65(82)26)78-38-74(83-66(27)54(15)44(5)55(16)67(83)28)33-75(39-78)84-68(29)56(17)45(6)57(18)69(84)30;1-6-5-7(2)9(4)8(6)3;;;;/h31-39H,1-30H3;6H,1-4H3;3*1H;/q;;;;;+3/p-3. The number of allylic oxidation sites excluding steroid dienone is 4. The van der Waals surface area contributed by atoms with Crippen LogP contribution in [0.1, 0.15) is 195 Å². The van der Waals surface area contributed by atoms with Gasteiger partial charge in [-0.2, -0.15) is 0 Å². The monoisotopic (exact) mass is 1410 g/mol. The van der Waals surface area contributed by atoms with Crippen molar-refractivity contribution < 1.29 is 55.6 Å². The molecule has 0 fully saturated rings. The molecular formula is C93H112Cl3SiTi. The molecule has 1 atom stereocenters. The molecule has 1 aliphatic carbocycles. The molecule has 0 N–H and O–H groups in total. The fraction of sp³-hybridized carbons (Fsp3) is 0.376. The number of rotatable bonds is 11. The predicted molar refractivity (Wildman–Crippen MR) is 419 cm³/mol. The third-order valence-electron chi connectivity index (χ3n) is 26.8. The smallest absolute Gasteiger partial charge is 1.00 e. The fourth-order valence-corrected chi connectivity index (χ4v) is 30.4. The summed E-state index contributed by atoms with van der Waals surface area (Å²) in [5, 5.41) is 4.54. The molecule has 0 aromatic heterocycles. The zero-order chi connectivity index (χ0) is 70.4. The van der Waals surface area contributed by atoms with Crippen molar-refractivity contribution in [1.82, 2.24) is 0 Å². The Labute approximate surface area is 622 Å². The van der Waals surface area contributed by atoms with Crippen LogP contribution in [0.2, 0.25) is 0 Å². The Hall–Kier alpha value is -5.74. The Bertz CT molecular complexity index is 4050. The van der Waals surface area contributed by atoms with E-state index >= 15 is 0 Å². The summed E-state index contributed by atoms with van der Waals surface area (Å²) in [7, 11) is 0. The van der Waals surface area contributed by atoms with Gasteiger partial charge in [-0.25, -0.2) is 0 Å². The summed E-state index contributed by atoms with van der Waals surface area (Å²) in [4.78, 5) is 0. The van der Waals surface area contributed by atoms with Gasteiger partial charge < -0.3 is 37.2 Å². The zero-order valence-electron chi connectivity index (χ0n) is 66.4. The average Bonchev–Trinajstić information content (AvgIpc) is 0.918. The molecular weight excluding hydrogens is 1300 g/mol. The maximum atomic E-state index is 2.81. The van der Waals surface area contributed by atoms with E-state index in [0.717, 1.165) is 0 Å². The van der Waals surface area contributed by atoms with Crippen LogP contribution >= 0.6 is 0 Å². The summed E-state index contributed by atoms with van der Waals surface area (Å²) < 4.78 is 1.70. The zero-order valence-corrected chi connectivity index (χ0v) is 71.2. The molecule has 1 aliphatic rings. The van der Waals surface area contributed by atoms with E-state index in [0.29, 0.717) is 5.92 Å². The number of benzene rings is 9. The molecule has 9 aromatic rings. The van der Waals surface area contributed by atoms with Crippen molar-refractivity contribution in [3.63, 3.8) is 0 Å². The van der Waals surface area contributed by atoms with Crippen molar-refractivity contribution in [1.29, 1.82) is 0 Å². The van der Waals surface area contributed by atoms with Gasteiger partial charge in [0.05, 0.1) is 0 Å². The minimum absolute atomic E-state index is 0. The number of halogens is 3. The van der Waals surface area contributed by atoms with Crippen molar-refractivity contribution in [2.24, 2.45) is 5.92 Å². The minimum atomic E-state index is -3.51. The molecule has 10 rings (SSSR count). The SMILES string of the molecule is CC1=C(C)C(C)[C]([Ti+3][Si](c2cc(-c3c(C)c(C)c(C)c(C)c3C)cc(-c3c(C)c(C)c(C)c(C)c3C)c2)(c2cc(-c3c(C)c(C)c(C)c(C)c3C)cc(-c3c(C)c(C)c(C)c(C)c3C)c2)c2cc(-c3c(C)c(C)c(C)c(C)c3C)cc(-c3c(C)c(C)c(C)c(C)c3C)c2)=C1C.[Cl-].[Cl-].[Cl-]. The van der Waals surface area contributed by atoms with E-state index in [2.05, 4.69) is 290 Å². The van der Waals surface area contributed by atoms with Crippen LogP contribution in [0.15, 0.2) is 75.2 Å². The molecule has 1 unspecified atom stereocenters. The van der Waals surface area contributed by atoms with Crippen molar-refractivity contribution in [3.05, 3.63) is 242 Å². The summed E-state index contributed by atoms with van der Waals surface area (Å²) in [6.45, 7) is 81.5. The largest absolute Gasteiger partial charge is 1.00 e. The van der Waals surface area contributed by atoms with Crippen LogP contribution in [0.25, 0.3) is 66.8 Å². The van der Waals surface area contributed by atoms with E-state index in [4.69, 9.17) is 0 Å². The van der Waals surface area contributed by atoms with E-state index in [1.807, 2.05) is 0 Å². The molecule has 0 saturated carbocycles. The Morgan fingerprint density at radius 1 is 0.204 bits per heavy atom. The molecule has 0 heterocycles. The topological polar surface area (TPSA) is 0 Å². The fourth-order valence-electron chi connectivity index (χ4n) is 17.5. The van der Waals surface area contributed by atoms with Gasteiger partial charge in [0.1, 0.15) is 0 Å². The van der Waals surface area contributed by atoms with E-state index in [9.17, 15) is 0 Å². The quantitative estimate of drug-likeness (QED) is 0.0894. The minimum Gasteiger partial charge on any atom is -1.00 e. The maximum absolute atomic E-state index is 3.51. The van der Waals surface area contributed by atoms with Crippen LogP contribution in [0, 0.1) is 214 Å². The molecule has 513 valence electrons. The number of hydrogen-bond donors (Lipinski definition) is 0. The summed E-state index contributed by atoms with van der Waals surface area (Å²) >= 11 is -1.17. The number of hydrogen-bond acceptors (Lipinski definition) is 0. The Morgan fingerprint density at radius 3 is 0.480 bits per heavy atom. The summed E-state index contributed by atoms with van der Waals surface area (Å²) in [5.41, 5.74) is 62.5. The molecule has 0 bridgehead atoms. The first-order chi connectivity index (χ1) is 44.3. The first kappa shape index (κ1) is 79.6. The van der Waals surface area contributed by atoms with E-state index < -0.39 is 24.3 Å². The van der Waals surface area contributed by atoms with Crippen molar-refractivity contribution in [2.45, 2.75) is 235 Å². The van der Waals surface area contributed by atoms with Crippen LogP contribution in [-0.4, -0.2) is 5.94 Å². The molecule has 0 amide bonds. The Balaban J connectivity index is 0.00000451. The second kappa shape index (κ2) is 28.9. The third-order valence-corrected chi connectivity index (χ3v) is 39.2. The van der Waals surface area contributed by atoms with Gasteiger partial charge in [0, 0.05) is 0 Å². The van der Waals surface area contributed by atoms with Crippen molar-refractivity contribution >= 4 is 21.5 Å².